The van der Waals surface area contributed by atoms with Crippen molar-refractivity contribution in [2.24, 2.45) is 5.92 Å². The first-order chi connectivity index (χ1) is 14.2. The number of halogens is 1. The molecule has 0 atom stereocenters. The lowest BCUT2D eigenvalue weighted by Gasteiger charge is -2.29. The number of fused-ring (bicyclic) bond motifs is 1. The van der Waals surface area contributed by atoms with E-state index < -0.39 is 0 Å². The molecule has 2 aliphatic rings. The van der Waals surface area contributed by atoms with Crippen LogP contribution in [0.15, 0.2) is 42.5 Å². The highest BCUT2D eigenvalue weighted by atomic mass is 19.1. The molecule has 0 aromatic heterocycles. The minimum atomic E-state index is -0.0441. The average molecular weight is 391 g/mol. The van der Waals surface area contributed by atoms with Gasteiger partial charge in [-0.25, -0.2) is 4.39 Å². The second kappa shape index (κ2) is 9.28. The van der Waals surface area contributed by atoms with Crippen LogP contribution in [0, 0.1) is 11.7 Å². The first-order valence-corrected chi connectivity index (χ1v) is 11.8. The second-order valence-corrected chi connectivity index (χ2v) is 9.16. The Morgan fingerprint density at radius 3 is 2.38 bits per heavy atom. The third-order valence-electron chi connectivity index (χ3n) is 7.26. The van der Waals surface area contributed by atoms with Gasteiger partial charge in [-0.05, 0) is 96.2 Å². The Balaban J connectivity index is 1.40. The van der Waals surface area contributed by atoms with E-state index in [1.54, 1.807) is 6.07 Å². The maximum atomic E-state index is 14.2. The van der Waals surface area contributed by atoms with Crippen molar-refractivity contribution in [3.8, 4) is 0 Å². The SMILES string of the molecule is CCCCC1CCC(c2ccc(C3=CCc4cc(CC)c(F)cc4C3)cc2)CC1. The summed E-state index contributed by atoms with van der Waals surface area (Å²) in [5, 5.41) is 0. The van der Waals surface area contributed by atoms with Crippen LogP contribution in [-0.4, -0.2) is 0 Å². The van der Waals surface area contributed by atoms with Gasteiger partial charge in [0.25, 0.3) is 0 Å². The maximum absolute atomic E-state index is 14.2. The number of unbranched alkanes of at least 4 members (excludes halogenated alkanes) is 1. The van der Waals surface area contributed by atoms with Crippen LogP contribution in [0.1, 0.15) is 92.5 Å². The van der Waals surface area contributed by atoms with E-state index in [-0.39, 0.29) is 5.82 Å². The van der Waals surface area contributed by atoms with E-state index >= 15 is 0 Å². The van der Waals surface area contributed by atoms with Gasteiger partial charge in [0.2, 0.25) is 0 Å². The molecule has 2 aromatic rings. The van der Waals surface area contributed by atoms with Gasteiger partial charge in [0.1, 0.15) is 5.82 Å². The van der Waals surface area contributed by atoms with Crippen molar-refractivity contribution in [3.05, 3.63) is 76.1 Å². The van der Waals surface area contributed by atoms with E-state index in [0.717, 1.165) is 42.2 Å². The van der Waals surface area contributed by atoms with Crippen LogP contribution in [0.4, 0.5) is 4.39 Å². The Morgan fingerprint density at radius 1 is 0.931 bits per heavy atom. The van der Waals surface area contributed by atoms with Gasteiger partial charge >= 0.3 is 0 Å². The lowest BCUT2D eigenvalue weighted by molar-refractivity contribution is 0.304. The molecule has 1 saturated carbocycles. The average Bonchev–Trinajstić information content (AvgIpc) is 2.77. The molecule has 1 heteroatoms. The van der Waals surface area contributed by atoms with Gasteiger partial charge in [0, 0.05) is 0 Å². The number of aryl methyl sites for hydroxylation is 1. The fourth-order valence-electron chi connectivity index (χ4n) is 5.31. The fraction of sp³-hybridized carbons (Fsp3) is 0.500. The minimum absolute atomic E-state index is 0.0441. The van der Waals surface area contributed by atoms with Gasteiger partial charge in [-0.3, -0.25) is 0 Å². The summed E-state index contributed by atoms with van der Waals surface area (Å²) < 4.78 is 14.2. The Hall–Kier alpha value is -1.89. The summed E-state index contributed by atoms with van der Waals surface area (Å²) in [7, 11) is 0. The molecule has 2 aromatic carbocycles. The largest absolute Gasteiger partial charge is 0.207 e. The van der Waals surface area contributed by atoms with Crippen LogP contribution < -0.4 is 0 Å². The first-order valence-electron chi connectivity index (χ1n) is 11.8. The van der Waals surface area contributed by atoms with Crippen molar-refractivity contribution in [1.29, 1.82) is 0 Å². The van der Waals surface area contributed by atoms with E-state index in [2.05, 4.69) is 43.3 Å². The highest BCUT2D eigenvalue weighted by Crippen LogP contribution is 2.38. The van der Waals surface area contributed by atoms with Crippen LogP contribution in [0.2, 0.25) is 0 Å². The third kappa shape index (κ3) is 4.65. The van der Waals surface area contributed by atoms with E-state index in [9.17, 15) is 4.39 Å². The number of hydrogen-bond donors (Lipinski definition) is 0. The quantitative estimate of drug-likeness (QED) is 0.468. The Bertz CT molecular complexity index is 851. The molecule has 0 bridgehead atoms. The monoisotopic (exact) mass is 390 g/mol. The first kappa shape index (κ1) is 20.4. The molecule has 29 heavy (non-hydrogen) atoms. The summed E-state index contributed by atoms with van der Waals surface area (Å²) in [6, 6.07) is 13.1. The zero-order chi connectivity index (χ0) is 20.2. The van der Waals surface area contributed by atoms with Gasteiger partial charge in [-0.2, -0.15) is 0 Å². The number of benzene rings is 2. The van der Waals surface area contributed by atoms with Gasteiger partial charge in [-0.1, -0.05) is 69.5 Å². The van der Waals surface area contributed by atoms with Crippen molar-refractivity contribution in [2.75, 3.05) is 0 Å². The maximum Gasteiger partial charge on any atom is 0.126 e. The zero-order valence-corrected chi connectivity index (χ0v) is 18.1. The molecule has 4 rings (SSSR count). The lowest BCUT2D eigenvalue weighted by atomic mass is 9.77. The Morgan fingerprint density at radius 2 is 1.69 bits per heavy atom. The third-order valence-corrected chi connectivity index (χ3v) is 7.26. The van der Waals surface area contributed by atoms with Gasteiger partial charge in [0.15, 0.2) is 0 Å². The minimum Gasteiger partial charge on any atom is -0.207 e. The van der Waals surface area contributed by atoms with Crippen molar-refractivity contribution < 1.29 is 4.39 Å². The van der Waals surface area contributed by atoms with E-state index in [1.165, 1.54) is 67.2 Å². The van der Waals surface area contributed by atoms with Gasteiger partial charge in [-0.15, -0.1) is 0 Å². The normalized spacial score (nSPS) is 21.6. The molecule has 0 saturated heterocycles. The topological polar surface area (TPSA) is 0 Å². The molecule has 2 aliphatic carbocycles. The molecular formula is C28H35F. The summed E-state index contributed by atoms with van der Waals surface area (Å²) in [5.74, 6) is 1.66. The molecule has 0 unspecified atom stereocenters. The summed E-state index contributed by atoms with van der Waals surface area (Å²) in [4.78, 5) is 0. The van der Waals surface area contributed by atoms with Crippen molar-refractivity contribution in [2.45, 2.75) is 84.0 Å². The van der Waals surface area contributed by atoms with E-state index in [0.29, 0.717) is 0 Å². The highest BCUT2D eigenvalue weighted by Gasteiger charge is 2.22. The van der Waals surface area contributed by atoms with Gasteiger partial charge in [0.05, 0.1) is 0 Å². The summed E-state index contributed by atoms with van der Waals surface area (Å²) in [6.07, 6.45) is 14.5. The highest BCUT2D eigenvalue weighted by molar-refractivity contribution is 5.71. The molecular weight excluding hydrogens is 355 g/mol. The second-order valence-electron chi connectivity index (χ2n) is 9.16. The van der Waals surface area contributed by atoms with Crippen molar-refractivity contribution in [1.82, 2.24) is 0 Å². The smallest absolute Gasteiger partial charge is 0.126 e. The molecule has 0 radical (unpaired) electrons. The number of rotatable bonds is 6. The lowest BCUT2D eigenvalue weighted by Crippen LogP contribution is -2.13. The van der Waals surface area contributed by atoms with Crippen molar-refractivity contribution >= 4 is 5.57 Å². The van der Waals surface area contributed by atoms with E-state index in [4.69, 9.17) is 0 Å². The van der Waals surface area contributed by atoms with Gasteiger partial charge < -0.3 is 0 Å². The number of allylic oxidation sites excluding steroid dienone is 2. The summed E-state index contributed by atoms with van der Waals surface area (Å²) in [6.45, 7) is 4.32. The molecule has 0 spiro atoms. The molecule has 0 N–H and O–H groups in total. The standard InChI is InChI=1S/C28H35F/c1-3-5-6-20-7-9-22(10-8-20)23-11-13-24(14-12-23)25-15-16-26-17-21(4-2)28(29)19-27(26)18-25/h11-15,17,19-20,22H,3-10,16,18H2,1-2H3. The van der Waals surface area contributed by atoms with Crippen LogP contribution in [-0.2, 0) is 19.3 Å². The van der Waals surface area contributed by atoms with Crippen LogP contribution in [0.3, 0.4) is 0 Å². The van der Waals surface area contributed by atoms with Crippen LogP contribution in [0.25, 0.3) is 5.57 Å². The molecule has 0 amide bonds. The fourth-order valence-corrected chi connectivity index (χ4v) is 5.31. The Labute approximate surface area is 176 Å². The predicted octanol–water partition coefficient (Wildman–Crippen LogP) is 8.03. The Kier molecular flexibility index (Phi) is 6.53. The molecule has 0 heterocycles. The molecule has 1 fully saturated rings. The van der Waals surface area contributed by atoms with Crippen molar-refractivity contribution in [3.63, 3.8) is 0 Å². The van der Waals surface area contributed by atoms with Crippen LogP contribution >= 0.6 is 0 Å². The molecule has 0 nitrogen and oxygen atoms in total. The molecule has 0 aliphatic heterocycles. The summed E-state index contributed by atoms with van der Waals surface area (Å²) in [5.41, 5.74) is 7.45. The predicted molar refractivity (Wildman–Crippen MR) is 122 cm³/mol. The van der Waals surface area contributed by atoms with Crippen LogP contribution in [0.5, 0.6) is 0 Å². The summed E-state index contributed by atoms with van der Waals surface area (Å²) >= 11 is 0. The van der Waals surface area contributed by atoms with E-state index in [1.807, 2.05) is 6.92 Å². The number of hydrogen-bond acceptors (Lipinski definition) is 0. The molecule has 154 valence electrons. The zero-order valence-electron chi connectivity index (χ0n) is 18.1.